The van der Waals surface area contributed by atoms with E-state index in [9.17, 15) is 13.2 Å². The molecule has 152 valence electrons. The van der Waals surface area contributed by atoms with Gasteiger partial charge >= 0.3 is 0 Å². The van der Waals surface area contributed by atoms with Gasteiger partial charge in [0.2, 0.25) is 15.9 Å². The Morgan fingerprint density at radius 3 is 2.18 bits per heavy atom. The molecular formula is C22H30N2O3S. The first-order valence-corrected chi connectivity index (χ1v) is 11.3. The lowest BCUT2D eigenvalue weighted by Crippen LogP contribution is -2.42. The summed E-state index contributed by atoms with van der Waals surface area (Å²) < 4.78 is 26.0. The molecular weight excluding hydrogens is 372 g/mol. The fraction of sp³-hybridized carbons (Fsp3) is 0.409. The molecule has 1 atom stereocenters. The second-order valence-electron chi connectivity index (χ2n) is 7.45. The number of hydrogen-bond donors (Lipinski definition) is 1. The van der Waals surface area contributed by atoms with E-state index in [1.807, 2.05) is 58.9 Å². The van der Waals surface area contributed by atoms with Crippen LogP contribution in [0.5, 0.6) is 0 Å². The standard InChI is InChI=1S/C22H30N2O3S/c1-7-20(19-11-9-15(2)12-18(19)5)23-22(25)14-24(28(6,26)27)21-13-16(3)8-10-17(21)4/h8-13,20H,7,14H2,1-6H3,(H,23,25). The van der Waals surface area contributed by atoms with Crippen LogP contribution < -0.4 is 9.62 Å². The Kier molecular flexibility index (Phi) is 6.88. The van der Waals surface area contributed by atoms with Gasteiger partial charge in [0.1, 0.15) is 6.54 Å². The Morgan fingerprint density at radius 2 is 1.61 bits per heavy atom. The molecule has 0 fully saturated rings. The highest BCUT2D eigenvalue weighted by atomic mass is 32.2. The van der Waals surface area contributed by atoms with Crippen LogP contribution in [-0.4, -0.2) is 27.1 Å². The predicted octanol–water partition coefficient (Wildman–Crippen LogP) is 3.95. The van der Waals surface area contributed by atoms with Gasteiger partial charge < -0.3 is 5.32 Å². The summed E-state index contributed by atoms with van der Waals surface area (Å²) in [6.07, 6.45) is 1.85. The lowest BCUT2D eigenvalue weighted by Gasteiger charge is -2.26. The van der Waals surface area contributed by atoms with E-state index in [4.69, 9.17) is 0 Å². The van der Waals surface area contributed by atoms with Crippen molar-refractivity contribution in [2.45, 2.75) is 47.1 Å². The number of rotatable bonds is 7. The second-order valence-corrected chi connectivity index (χ2v) is 9.35. The number of carbonyl (C=O) groups is 1. The van der Waals surface area contributed by atoms with Crippen LogP contribution in [0.1, 0.15) is 47.2 Å². The van der Waals surface area contributed by atoms with E-state index in [0.29, 0.717) is 5.69 Å². The van der Waals surface area contributed by atoms with Gasteiger partial charge in [-0.05, 0) is 62.4 Å². The molecule has 0 saturated heterocycles. The van der Waals surface area contributed by atoms with E-state index in [1.165, 1.54) is 9.87 Å². The summed E-state index contributed by atoms with van der Waals surface area (Å²) in [5.74, 6) is -0.321. The third-order valence-electron chi connectivity index (χ3n) is 4.87. The van der Waals surface area contributed by atoms with Crippen molar-refractivity contribution in [1.29, 1.82) is 0 Å². The number of anilines is 1. The van der Waals surface area contributed by atoms with E-state index in [2.05, 4.69) is 11.4 Å². The highest BCUT2D eigenvalue weighted by Gasteiger charge is 2.24. The monoisotopic (exact) mass is 402 g/mol. The molecule has 1 amide bonds. The normalized spacial score (nSPS) is 12.5. The van der Waals surface area contributed by atoms with Crippen LogP contribution in [0, 0.1) is 27.7 Å². The zero-order valence-corrected chi connectivity index (χ0v) is 18.4. The molecule has 0 saturated carbocycles. The molecule has 0 aliphatic carbocycles. The van der Waals surface area contributed by atoms with Crippen LogP contribution in [0.25, 0.3) is 0 Å². The van der Waals surface area contributed by atoms with Crippen LogP contribution in [0.2, 0.25) is 0 Å². The number of aryl methyl sites for hydroxylation is 4. The first-order chi connectivity index (χ1) is 13.0. The van der Waals surface area contributed by atoms with Crippen molar-refractivity contribution in [2.75, 3.05) is 17.1 Å². The molecule has 5 nitrogen and oxygen atoms in total. The van der Waals surface area contributed by atoms with Crippen molar-refractivity contribution in [3.05, 3.63) is 64.2 Å². The van der Waals surface area contributed by atoms with Crippen LogP contribution in [0.15, 0.2) is 36.4 Å². The zero-order valence-electron chi connectivity index (χ0n) is 17.5. The molecule has 0 aliphatic rings. The average molecular weight is 403 g/mol. The SMILES string of the molecule is CCC(NC(=O)CN(c1cc(C)ccc1C)S(C)(=O)=O)c1ccc(C)cc1C. The number of hydrogen-bond acceptors (Lipinski definition) is 3. The number of nitrogens with zero attached hydrogens (tertiary/aromatic N) is 1. The summed E-state index contributed by atoms with van der Waals surface area (Å²) in [5.41, 5.74) is 5.63. The molecule has 0 aromatic heterocycles. The van der Waals surface area contributed by atoms with Crippen molar-refractivity contribution in [3.63, 3.8) is 0 Å². The molecule has 1 N–H and O–H groups in total. The summed E-state index contributed by atoms with van der Waals surface area (Å²) in [6, 6.07) is 11.6. The number of nitrogens with one attached hydrogen (secondary N) is 1. The molecule has 2 rings (SSSR count). The zero-order chi connectivity index (χ0) is 21.1. The Hall–Kier alpha value is -2.34. The van der Waals surface area contributed by atoms with E-state index in [-0.39, 0.29) is 18.5 Å². The largest absolute Gasteiger partial charge is 0.348 e. The van der Waals surface area contributed by atoms with Gasteiger partial charge in [-0.2, -0.15) is 0 Å². The summed E-state index contributed by atoms with van der Waals surface area (Å²) in [4.78, 5) is 12.8. The van der Waals surface area contributed by atoms with Crippen LogP contribution in [0.3, 0.4) is 0 Å². The van der Waals surface area contributed by atoms with Crippen LogP contribution in [-0.2, 0) is 14.8 Å². The second kappa shape index (κ2) is 8.78. The van der Waals surface area contributed by atoms with Crippen molar-refractivity contribution in [1.82, 2.24) is 5.32 Å². The van der Waals surface area contributed by atoms with Crippen LogP contribution >= 0.6 is 0 Å². The first kappa shape index (κ1) is 22.0. The summed E-state index contributed by atoms with van der Waals surface area (Å²) in [6.45, 7) is 9.56. The van der Waals surface area contributed by atoms with Crippen molar-refractivity contribution in [3.8, 4) is 0 Å². The lowest BCUT2D eigenvalue weighted by atomic mass is 9.97. The number of carbonyl (C=O) groups excluding carboxylic acids is 1. The van der Waals surface area contributed by atoms with E-state index in [0.717, 1.165) is 34.9 Å². The smallest absolute Gasteiger partial charge is 0.241 e. The van der Waals surface area contributed by atoms with Gasteiger partial charge in [0.05, 0.1) is 18.0 Å². The first-order valence-electron chi connectivity index (χ1n) is 9.44. The summed E-state index contributed by atoms with van der Waals surface area (Å²) in [7, 11) is -3.60. The van der Waals surface area contributed by atoms with Gasteiger partial charge in [-0.25, -0.2) is 8.42 Å². The van der Waals surface area contributed by atoms with Crippen molar-refractivity contribution >= 4 is 21.6 Å². The summed E-state index contributed by atoms with van der Waals surface area (Å²) in [5, 5.41) is 3.00. The van der Waals surface area contributed by atoms with Crippen molar-refractivity contribution in [2.24, 2.45) is 0 Å². The van der Waals surface area contributed by atoms with Crippen LogP contribution in [0.4, 0.5) is 5.69 Å². The lowest BCUT2D eigenvalue weighted by molar-refractivity contribution is -0.120. The minimum Gasteiger partial charge on any atom is -0.348 e. The predicted molar refractivity (Wildman–Crippen MR) is 115 cm³/mol. The van der Waals surface area contributed by atoms with Gasteiger partial charge in [0.25, 0.3) is 0 Å². The van der Waals surface area contributed by atoms with E-state index < -0.39 is 10.0 Å². The third kappa shape index (κ3) is 5.35. The summed E-state index contributed by atoms with van der Waals surface area (Å²) >= 11 is 0. The Bertz CT molecular complexity index is 968. The van der Waals surface area contributed by atoms with Gasteiger partial charge in [-0.1, -0.05) is 42.8 Å². The maximum absolute atomic E-state index is 12.8. The van der Waals surface area contributed by atoms with Gasteiger partial charge in [-0.3, -0.25) is 9.10 Å². The molecule has 2 aromatic rings. The van der Waals surface area contributed by atoms with Crippen molar-refractivity contribution < 1.29 is 13.2 Å². The number of benzene rings is 2. The highest BCUT2D eigenvalue weighted by molar-refractivity contribution is 7.92. The molecule has 0 spiro atoms. The molecule has 28 heavy (non-hydrogen) atoms. The fourth-order valence-corrected chi connectivity index (χ4v) is 4.26. The molecule has 6 heteroatoms. The molecule has 0 radical (unpaired) electrons. The number of amides is 1. The minimum absolute atomic E-state index is 0.159. The van der Waals surface area contributed by atoms with Gasteiger partial charge in [-0.15, -0.1) is 0 Å². The highest BCUT2D eigenvalue weighted by Crippen LogP contribution is 2.25. The van der Waals surface area contributed by atoms with E-state index >= 15 is 0 Å². The molecule has 1 unspecified atom stereocenters. The number of sulfonamides is 1. The molecule has 2 aromatic carbocycles. The minimum atomic E-state index is -3.60. The molecule has 0 bridgehead atoms. The Morgan fingerprint density at radius 1 is 1.00 bits per heavy atom. The maximum Gasteiger partial charge on any atom is 0.241 e. The average Bonchev–Trinajstić information content (AvgIpc) is 2.59. The Balaban J connectivity index is 2.27. The topological polar surface area (TPSA) is 66.5 Å². The maximum atomic E-state index is 12.8. The Labute approximate surface area is 168 Å². The quantitative estimate of drug-likeness (QED) is 0.762. The van der Waals surface area contributed by atoms with Gasteiger partial charge in [0.15, 0.2) is 0 Å². The van der Waals surface area contributed by atoms with Gasteiger partial charge in [0, 0.05) is 0 Å². The molecule has 0 aliphatic heterocycles. The molecule has 0 heterocycles. The fourth-order valence-electron chi connectivity index (χ4n) is 3.36. The van der Waals surface area contributed by atoms with E-state index in [1.54, 1.807) is 6.07 Å². The third-order valence-corrected chi connectivity index (χ3v) is 5.99.